The van der Waals surface area contributed by atoms with Crippen molar-refractivity contribution < 1.29 is 22.7 Å². The standard InChI is InChI=1S/C23H21F3N2O3/c24-23(25,26)19-11-22(30)28(13-16-6-7-16)20-10-17(8-9-18(19)20)31-14-21(29)27-12-15-4-2-1-3-5-15/h1-5,8-11,16H,6-7,12-14H2,(H,27,29). The molecule has 31 heavy (non-hydrogen) atoms. The van der Waals surface area contributed by atoms with Crippen LogP contribution in [0.1, 0.15) is 24.0 Å². The van der Waals surface area contributed by atoms with Crippen LogP contribution in [0, 0.1) is 5.92 Å². The van der Waals surface area contributed by atoms with Crippen molar-refractivity contribution in [1.29, 1.82) is 0 Å². The lowest BCUT2D eigenvalue weighted by Crippen LogP contribution is -2.28. The van der Waals surface area contributed by atoms with Gasteiger partial charge in [-0.25, -0.2) is 0 Å². The minimum Gasteiger partial charge on any atom is -0.484 e. The van der Waals surface area contributed by atoms with Crippen LogP contribution in [0.4, 0.5) is 13.2 Å². The van der Waals surface area contributed by atoms with Crippen molar-refractivity contribution in [3.8, 4) is 5.75 Å². The molecule has 5 nitrogen and oxygen atoms in total. The molecule has 1 aliphatic carbocycles. The maximum atomic E-state index is 13.5. The summed E-state index contributed by atoms with van der Waals surface area (Å²) < 4.78 is 47.2. The van der Waals surface area contributed by atoms with Crippen LogP contribution in [0.5, 0.6) is 5.75 Å². The Morgan fingerprint density at radius 3 is 2.52 bits per heavy atom. The molecule has 1 amide bonds. The van der Waals surface area contributed by atoms with Gasteiger partial charge in [0, 0.05) is 30.6 Å². The highest BCUT2D eigenvalue weighted by atomic mass is 19.4. The molecule has 0 saturated heterocycles. The third-order valence-corrected chi connectivity index (χ3v) is 5.23. The molecule has 1 fully saturated rings. The number of amides is 1. The fourth-order valence-corrected chi connectivity index (χ4v) is 3.43. The number of hydrogen-bond donors (Lipinski definition) is 1. The number of alkyl halides is 3. The van der Waals surface area contributed by atoms with E-state index in [1.807, 2.05) is 30.3 Å². The summed E-state index contributed by atoms with van der Waals surface area (Å²) in [4.78, 5) is 24.5. The molecule has 0 bridgehead atoms. The van der Waals surface area contributed by atoms with Crippen molar-refractivity contribution in [2.24, 2.45) is 5.92 Å². The van der Waals surface area contributed by atoms with Crippen molar-refractivity contribution in [2.75, 3.05) is 6.61 Å². The summed E-state index contributed by atoms with van der Waals surface area (Å²) in [6.45, 7) is 0.426. The molecule has 3 aromatic rings. The lowest BCUT2D eigenvalue weighted by molar-refractivity contribution is -0.136. The third-order valence-electron chi connectivity index (χ3n) is 5.23. The number of pyridine rings is 1. The van der Waals surface area contributed by atoms with Gasteiger partial charge in [0.25, 0.3) is 11.5 Å². The molecular weight excluding hydrogens is 409 g/mol. The van der Waals surface area contributed by atoms with Crippen LogP contribution in [-0.2, 0) is 24.1 Å². The van der Waals surface area contributed by atoms with Crippen LogP contribution in [0.15, 0.2) is 59.4 Å². The van der Waals surface area contributed by atoms with Gasteiger partial charge in [0.1, 0.15) is 5.75 Å². The number of benzene rings is 2. The number of fused-ring (bicyclic) bond motifs is 1. The first-order valence-corrected chi connectivity index (χ1v) is 9.99. The van der Waals surface area contributed by atoms with E-state index in [1.165, 1.54) is 22.8 Å². The molecule has 1 aromatic heterocycles. The molecule has 2 aromatic carbocycles. The largest absolute Gasteiger partial charge is 0.484 e. The number of aromatic nitrogens is 1. The topological polar surface area (TPSA) is 60.3 Å². The van der Waals surface area contributed by atoms with Gasteiger partial charge in [0.15, 0.2) is 6.61 Å². The molecule has 162 valence electrons. The van der Waals surface area contributed by atoms with E-state index in [1.54, 1.807) is 0 Å². The van der Waals surface area contributed by atoms with Gasteiger partial charge in [-0.2, -0.15) is 13.2 Å². The Morgan fingerprint density at radius 1 is 1.10 bits per heavy atom. The fourth-order valence-electron chi connectivity index (χ4n) is 3.43. The first-order valence-electron chi connectivity index (χ1n) is 9.99. The predicted molar refractivity (Wildman–Crippen MR) is 110 cm³/mol. The zero-order valence-corrected chi connectivity index (χ0v) is 16.6. The Balaban J connectivity index is 1.54. The predicted octanol–water partition coefficient (Wildman–Crippen LogP) is 4.13. The second kappa shape index (κ2) is 8.45. The van der Waals surface area contributed by atoms with Gasteiger partial charge in [0.2, 0.25) is 0 Å². The number of ether oxygens (including phenoxy) is 1. The van der Waals surface area contributed by atoms with Crippen LogP contribution in [-0.4, -0.2) is 17.1 Å². The fraction of sp³-hybridized carbons (Fsp3) is 0.304. The summed E-state index contributed by atoms with van der Waals surface area (Å²) in [6, 6.07) is 14.1. The molecule has 1 aliphatic rings. The normalized spacial score (nSPS) is 13.9. The number of rotatable bonds is 7. The van der Waals surface area contributed by atoms with Gasteiger partial charge in [-0.05, 0) is 36.5 Å². The maximum Gasteiger partial charge on any atom is 0.417 e. The van der Waals surface area contributed by atoms with Gasteiger partial charge in [-0.15, -0.1) is 0 Å². The zero-order valence-electron chi connectivity index (χ0n) is 16.6. The van der Waals surface area contributed by atoms with Gasteiger partial charge in [0.05, 0.1) is 11.1 Å². The van der Waals surface area contributed by atoms with E-state index in [0.29, 0.717) is 25.1 Å². The number of nitrogens with zero attached hydrogens (tertiary/aromatic N) is 1. The quantitative estimate of drug-likeness (QED) is 0.613. The number of nitrogens with one attached hydrogen (secondary N) is 1. The van der Waals surface area contributed by atoms with Crippen molar-refractivity contribution >= 4 is 16.8 Å². The second-order valence-electron chi connectivity index (χ2n) is 7.68. The molecule has 0 atom stereocenters. The van der Waals surface area contributed by atoms with Crippen LogP contribution >= 0.6 is 0 Å². The van der Waals surface area contributed by atoms with Crippen LogP contribution in [0.3, 0.4) is 0 Å². The Kier molecular flexibility index (Phi) is 5.71. The van der Waals surface area contributed by atoms with E-state index in [9.17, 15) is 22.8 Å². The summed E-state index contributed by atoms with van der Waals surface area (Å²) in [5, 5.41) is 2.66. The molecule has 0 radical (unpaired) electrons. The van der Waals surface area contributed by atoms with Crippen LogP contribution < -0.4 is 15.6 Å². The van der Waals surface area contributed by atoms with Crippen molar-refractivity contribution in [3.05, 3.63) is 76.1 Å². The molecule has 1 N–H and O–H groups in total. The molecule has 4 rings (SSSR count). The van der Waals surface area contributed by atoms with Crippen LogP contribution in [0.25, 0.3) is 10.9 Å². The van der Waals surface area contributed by atoms with Crippen molar-refractivity contribution in [1.82, 2.24) is 9.88 Å². The Hall–Kier alpha value is -3.29. The lowest BCUT2D eigenvalue weighted by Gasteiger charge is -2.16. The first-order chi connectivity index (χ1) is 14.8. The Labute approximate surface area is 176 Å². The number of carbonyl (C=O) groups is 1. The van der Waals surface area contributed by atoms with E-state index >= 15 is 0 Å². The van der Waals surface area contributed by atoms with Gasteiger partial charge < -0.3 is 14.6 Å². The highest BCUT2D eigenvalue weighted by molar-refractivity contribution is 5.85. The molecule has 8 heteroatoms. The average Bonchev–Trinajstić information content (AvgIpc) is 3.56. The first kappa shape index (κ1) is 21.0. The van der Waals surface area contributed by atoms with Crippen molar-refractivity contribution in [2.45, 2.75) is 32.1 Å². The summed E-state index contributed by atoms with van der Waals surface area (Å²) in [7, 11) is 0. The van der Waals surface area contributed by atoms with E-state index in [0.717, 1.165) is 18.4 Å². The highest BCUT2D eigenvalue weighted by Crippen LogP contribution is 2.36. The third kappa shape index (κ3) is 5.07. The van der Waals surface area contributed by atoms with Gasteiger partial charge in [-0.1, -0.05) is 30.3 Å². The van der Waals surface area contributed by atoms with E-state index in [4.69, 9.17) is 4.74 Å². The summed E-state index contributed by atoms with van der Waals surface area (Å²) in [5.74, 6) is 0.167. The lowest BCUT2D eigenvalue weighted by atomic mass is 10.1. The second-order valence-corrected chi connectivity index (χ2v) is 7.68. The number of hydrogen-bond acceptors (Lipinski definition) is 3. The van der Waals surface area contributed by atoms with Gasteiger partial charge >= 0.3 is 6.18 Å². The van der Waals surface area contributed by atoms with E-state index in [-0.39, 0.29) is 29.2 Å². The Bertz CT molecular complexity index is 1150. The zero-order chi connectivity index (χ0) is 22.0. The summed E-state index contributed by atoms with van der Waals surface area (Å²) >= 11 is 0. The monoisotopic (exact) mass is 430 g/mol. The summed E-state index contributed by atoms with van der Waals surface area (Å²) in [6.07, 6.45) is -2.74. The highest BCUT2D eigenvalue weighted by Gasteiger charge is 2.34. The number of halogens is 3. The number of carbonyl (C=O) groups excluding carboxylic acids is 1. The summed E-state index contributed by atoms with van der Waals surface area (Å²) in [5.41, 5.74) is -0.560. The van der Waals surface area contributed by atoms with Crippen molar-refractivity contribution in [3.63, 3.8) is 0 Å². The average molecular weight is 430 g/mol. The molecule has 0 aliphatic heterocycles. The minimum absolute atomic E-state index is 0.0615. The molecule has 0 spiro atoms. The molecule has 0 unspecified atom stereocenters. The molecule has 1 saturated carbocycles. The van der Waals surface area contributed by atoms with E-state index in [2.05, 4.69) is 5.32 Å². The Morgan fingerprint density at radius 2 is 1.84 bits per heavy atom. The van der Waals surface area contributed by atoms with E-state index < -0.39 is 17.3 Å². The SMILES string of the molecule is O=C(COc1ccc2c(C(F)(F)F)cc(=O)n(CC3CC3)c2c1)NCc1ccccc1. The van der Waals surface area contributed by atoms with Crippen LogP contribution in [0.2, 0.25) is 0 Å². The van der Waals surface area contributed by atoms with Gasteiger partial charge in [-0.3, -0.25) is 9.59 Å². The molecule has 1 heterocycles. The molecular formula is C23H21F3N2O3. The maximum absolute atomic E-state index is 13.5. The smallest absolute Gasteiger partial charge is 0.417 e. The minimum atomic E-state index is -4.64.